The molecule has 1 nitrogen and oxygen atoms in total. The smallest absolute Gasteiger partial charge is 0.0714 e. The first-order chi connectivity index (χ1) is 34.7. The molecule has 0 radical (unpaired) electrons. The van der Waals surface area contributed by atoms with Crippen molar-refractivity contribution < 1.29 is 0 Å². The van der Waals surface area contributed by atoms with Crippen LogP contribution in [0, 0.1) is 0 Å². The van der Waals surface area contributed by atoms with Crippen LogP contribution < -0.4 is 4.90 Å². The highest BCUT2D eigenvalue weighted by Crippen LogP contribution is 2.58. The number of fused-ring (bicyclic) bond motifs is 6. The van der Waals surface area contributed by atoms with Crippen LogP contribution in [0.25, 0.3) is 77.2 Å². The molecule has 0 aliphatic heterocycles. The molecule has 13 rings (SSSR count). The van der Waals surface area contributed by atoms with Crippen LogP contribution in [0.4, 0.5) is 17.1 Å². The zero-order valence-corrected chi connectivity index (χ0v) is 38.6. The monoisotopic (exact) mass is 889 g/mol. The Morgan fingerprint density at radius 1 is 0.243 bits per heavy atom. The molecular formula is C69H47N. The van der Waals surface area contributed by atoms with Gasteiger partial charge in [-0.3, -0.25) is 0 Å². The van der Waals surface area contributed by atoms with Crippen LogP contribution in [0.5, 0.6) is 0 Å². The lowest BCUT2D eigenvalue weighted by atomic mass is 9.67. The molecule has 70 heavy (non-hydrogen) atoms. The molecule has 1 aliphatic carbocycles. The van der Waals surface area contributed by atoms with Crippen LogP contribution >= 0.6 is 0 Å². The van der Waals surface area contributed by atoms with E-state index in [2.05, 4.69) is 290 Å². The Balaban J connectivity index is 1.08. The van der Waals surface area contributed by atoms with Gasteiger partial charge in [-0.25, -0.2) is 0 Å². The Morgan fingerprint density at radius 3 is 1.16 bits per heavy atom. The maximum atomic E-state index is 2.54. The summed E-state index contributed by atoms with van der Waals surface area (Å²) >= 11 is 0. The number of anilines is 3. The first kappa shape index (κ1) is 41.2. The van der Waals surface area contributed by atoms with E-state index >= 15 is 0 Å². The van der Waals surface area contributed by atoms with Gasteiger partial charge in [0.2, 0.25) is 0 Å². The lowest BCUT2D eigenvalue weighted by molar-refractivity contribution is 0.768. The minimum Gasteiger partial charge on any atom is -0.309 e. The maximum absolute atomic E-state index is 2.54. The van der Waals surface area contributed by atoms with E-state index in [9.17, 15) is 0 Å². The molecule has 0 N–H and O–H groups in total. The number of nitrogens with zero attached hydrogens (tertiary/aromatic N) is 1. The Labute approximate surface area is 409 Å². The SMILES string of the molecule is c1ccc(-c2ccc(-c3ccc(N(c4ccc5c(c4)C(c4ccccc4)(c4ccccc4)c4ccccc4-5)c4c(-c5ccc(-c6ccccc6)cc5)c5ccccc5c5ccccc45)cc3)cc2)cc1. The van der Waals surface area contributed by atoms with Gasteiger partial charge in [0, 0.05) is 22.3 Å². The third kappa shape index (κ3) is 6.78. The predicted molar refractivity (Wildman–Crippen MR) is 295 cm³/mol. The van der Waals surface area contributed by atoms with Gasteiger partial charge >= 0.3 is 0 Å². The highest BCUT2D eigenvalue weighted by molar-refractivity contribution is 6.22. The Bertz CT molecular complexity index is 3780. The van der Waals surface area contributed by atoms with Crippen LogP contribution in [0.15, 0.2) is 285 Å². The minimum atomic E-state index is -0.562. The second-order valence-electron chi connectivity index (χ2n) is 18.3. The van der Waals surface area contributed by atoms with Crippen molar-refractivity contribution in [2.45, 2.75) is 5.41 Å². The summed E-state index contributed by atoms with van der Waals surface area (Å²) in [5.74, 6) is 0. The summed E-state index contributed by atoms with van der Waals surface area (Å²) in [7, 11) is 0. The fourth-order valence-corrected chi connectivity index (χ4v) is 11.4. The molecule has 328 valence electrons. The summed E-state index contributed by atoms with van der Waals surface area (Å²) in [6, 6.07) is 105. The van der Waals surface area contributed by atoms with E-state index in [0.29, 0.717) is 0 Å². The first-order valence-corrected chi connectivity index (χ1v) is 24.2. The van der Waals surface area contributed by atoms with Crippen molar-refractivity contribution in [2.24, 2.45) is 0 Å². The number of benzene rings is 12. The van der Waals surface area contributed by atoms with Crippen LogP contribution in [0.2, 0.25) is 0 Å². The standard InChI is InChI=1S/C69H47N/c1-5-19-48(20-6-1)50-33-35-52(36-34-50)53-41-43-57(44-42-53)70(58-45-46-62-61-29-17-18-32-65(61)69(66(62)47-58,55-23-9-3-10-24-55)56-25-11-4-12-26-56)68-64-31-16-14-28-60(64)59-27-13-15-30-63(59)67(68)54-39-37-51(38-40-54)49-21-7-2-8-22-49/h1-47H. The van der Waals surface area contributed by atoms with E-state index < -0.39 is 5.41 Å². The molecule has 12 aromatic rings. The lowest BCUT2D eigenvalue weighted by Gasteiger charge is -2.35. The third-order valence-electron chi connectivity index (χ3n) is 14.6. The van der Waals surface area contributed by atoms with Gasteiger partial charge in [0.25, 0.3) is 0 Å². The first-order valence-electron chi connectivity index (χ1n) is 24.2. The zero-order chi connectivity index (χ0) is 46.4. The van der Waals surface area contributed by atoms with Gasteiger partial charge in [-0.05, 0) is 113 Å². The minimum absolute atomic E-state index is 0.562. The van der Waals surface area contributed by atoms with Crippen LogP contribution in [-0.4, -0.2) is 0 Å². The third-order valence-corrected chi connectivity index (χ3v) is 14.6. The van der Waals surface area contributed by atoms with E-state index in [4.69, 9.17) is 0 Å². The molecule has 1 heteroatoms. The molecule has 0 bridgehead atoms. The average molecular weight is 890 g/mol. The molecule has 0 amide bonds. The summed E-state index contributed by atoms with van der Waals surface area (Å²) in [5, 5.41) is 4.84. The van der Waals surface area contributed by atoms with Gasteiger partial charge in [0.15, 0.2) is 0 Å². The summed E-state index contributed by atoms with van der Waals surface area (Å²) in [4.78, 5) is 2.54. The summed E-state index contributed by atoms with van der Waals surface area (Å²) in [5.41, 5.74) is 19.8. The average Bonchev–Trinajstić information content (AvgIpc) is 3.75. The fraction of sp³-hybridized carbons (Fsp3) is 0.0145. The molecule has 0 spiro atoms. The van der Waals surface area contributed by atoms with Crippen molar-refractivity contribution in [3.63, 3.8) is 0 Å². The highest BCUT2D eigenvalue weighted by Gasteiger charge is 2.46. The zero-order valence-electron chi connectivity index (χ0n) is 38.6. The molecule has 0 atom stereocenters. The molecule has 1 aliphatic rings. The molecule has 0 saturated heterocycles. The second kappa shape index (κ2) is 17.2. The molecule has 0 saturated carbocycles. The predicted octanol–water partition coefficient (Wildman–Crippen LogP) is 18.5. The number of hydrogen-bond acceptors (Lipinski definition) is 1. The van der Waals surface area contributed by atoms with Crippen LogP contribution in [0.3, 0.4) is 0 Å². The Morgan fingerprint density at radius 2 is 0.614 bits per heavy atom. The van der Waals surface area contributed by atoms with Crippen molar-refractivity contribution in [1.29, 1.82) is 0 Å². The fourth-order valence-electron chi connectivity index (χ4n) is 11.4. The maximum Gasteiger partial charge on any atom is 0.0714 e. The quantitative estimate of drug-likeness (QED) is 0.131. The lowest BCUT2D eigenvalue weighted by Crippen LogP contribution is -2.28. The van der Waals surface area contributed by atoms with Crippen molar-refractivity contribution in [1.82, 2.24) is 0 Å². The summed E-state index contributed by atoms with van der Waals surface area (Å²) in [6.45, 7) is 0. The van der Waals surface area contributed by atoms with Gasteiger partial charge in [0.05, 0.1) is 11.1 Å². The van der Waals surface area contributed by atoms with Gasteiger partial charge in [0.1, 0.15) is 0 Å². The van der Waals surface area contributed by atoms with E-state index in [1.807, 2.05) is 0 Å². The van der Waals surface area contributed by atoms with Gasteiger partial charge in [-0.15, -0.1) is 0 Å². The molecule has 12 aromatic carbocycles. The van der Waals surface area contributed by atoms with Crippen molar-refractivity contribution in [3.05, 3.63) is 307 Å². The van der Waals surface area contributed by atoms with Crippen molar-refractivity contribution >= 4 is 38.6 Å². The normalized spacial score (nSPS) is 12.4. The molecule has 0 heterocycles. The van der Waals surface area contributed by atoms with E-state index in [-0.39, 0.29) is 0 Å². The summed E-state index contributed by atoms with van der Waals surface area (Å²) in [6.07, 6.45) is 0. The van der Waals surface area contributed by atoms with Gasteiger partial charge < -0.3 is 4.90 Å². The Kier molecular flexibility index (Phi) is 10.1. The van der Waals surface area contributed by atoms with E-state index in [1.165, 1.54) is 93.9 Å². The van der Waals surface area contributed by atoms with Crippen LogP contribution in [-0.2, 0) is 5.41 Å². The summed E-state index contributed by atoms with van der Waals surface area (Å²) < 4.78 is 0. The molecule has 0 fully saturated rings. The Hall–Kier alpha value is -9.04. The topological polar surface area (TPSA) is 3.24 Å². The van der Waals surface area contributed by atoms with E-state index in [1.54, 1.807) is 0 Å². The number of hydrogen-bond donors (Lipinski definition) is 0. The molecule has 0 aromatic heterocycles. The number of rotatable bonds is 9. The van der Waals surface area contributed by atoms with Gasteiger partial charge in [-0.2, -0.15) is 0 Å². The van der Waals surface area contributed by atoms with Crippen LogP contribution in [0.1, 0.15) is 22.3 Å². The second-order valence-corrected chi connectivity index (χ2v) is 18.3. The van der Waals surface area contributed by atoms with Gasteiger partial charge in [-0.1, -0.05) is 261 Å². The van der Waals surface area contributed by atoms with Crippen molar-refractivity contribution in [3.8, 4) is 55.6 Å². The van der Waals surface area contributed by atoms with Crippen molar-refractivity contribution in [2.75, 3.05) is 4.90 Å². The molecular weight excluding hydrogens is 843 g/mol. The molecule has 0 unspecified atom stereocenters. The highest BCUT2D eigenvalue weighted by atomic mass is 15.1. The largest absolute Gasteiger partial charge is 0.309 e. The van der Waals surface area contributed by atoms with E-state index in [0.717, 1.165) is 22.6 Å².